The van der Waals surface area contributed by atoms with E-state index in [1.165, 1.54) is 0 Å². The van der Waals surface area contributed by atoms with Crippen LogP contribution in [-0.2, 0) is 9.47 Å². The first-order chi connectivity index (χ1) is 5.38. The summed E-state index contributed by atoms with van der Waals surface area (Å²) in [5, 5.41) is 3.37. The van der Waals surface area contributed by atoms with Gasteiger partial charge >= 0.3 is 0 Å². The van der Waals surface area contributed by atoms with Crippen LogP contribution in [0.3, 0.4) is 0 Å². The van der Waals surface area contributed by atoms with E-state index < -0.39 is 0 Å². The highest BCUT2D eigenvalue weighted by Crippen LogP contribution is 2.05. The highest BCUT2D eigenvalue weighted by molar-refractivity contribution is 4.78. The summed E-state index contributed by atoms with van der Waals surface area (Å²) in [5.74, 6) is 0. The molecule has 2 unspecified atom stereocenters. The average Bonchev–Trinajstić information content (AvgIpc) is 2.09. The smallest absolute Gasteiger partial charge is 0.0744 e. The van der Waals surface area contributed by atoms with Crippen molar-refractivity contribution in [2.24, 2.45) is 0 Å². The molecule has 0 radical (unpaired) electrons. The molecule has 0 saturated carbocycles. The highest BCUT2D eigenvalue weighted by Gasteiger charge is 2.21. The fraction of sp³-hybridized carbons (Fsp3) is 1.00. The Labute approximate surface area is 68.1 Å². The molecule has 0 bridgehead atoms. The summed E-state index contributed by atoms with van der Waals surface area (Å²) in [6, 6.07) is 0.388. The van der Waals surface area contributed by atoms with E-state index in [0.29, 0.717) is 12.1 Å². The molecule has 1 saturated heterocycles. The van der Waals surface area contributed by atoms with E-state index in [0.717, 1.165) is 26.2 Å². The van der Waals surface area contributed by atoms with Crippen LogP contribution in [0.1, 0.15) is 13.3 Å². The van der Waals surface area contributed by atoms with Crippen LogP contribution in [0, 0.1) is 0 Å². The zero-order valence-corrected chi connectivity index (χ0v) is 7.30. The summed E-state index contributed by atoms with van der Waals surface area (Å²) in [7, 11) is 1.75. The monoisotopic (exact) mass is 159 g/mol. The van der Waals surface area contributed by atoms with Crippen molar-refractivity contribution in [1.82, 2.24) is 5.32 Å². The quantitative estimate of drug-likeness (QED) is 0.646. The van der Waals surface area contributed by atoms with Gasteiger partial charge < -0.3 is 14.8 Å². The Bertz CT molecular complexity index is 98.3. The summed E-state index contributed by atoms with van der Waals surface area (Å²) in [5.41, 5.74) is 0. The molecule has 1 aliphatic rings. The third-order valence-corrected chi connectivity index (χ3v) is 2.10. The minimum absolute atomic E-state index is 0.301. The van der Waals surface area contributed by atoms with Gasteiger partial charge in [-0.3, -0.25) is 0 Å². The maximum absolute atomic E-state index is 5.32. The van der Waals surface area contributed by atoms with Crippen molar-refractivity contribution in [3.8, 4) is 0 Å². The van der Waals surface area contributed by atoms with Gasteiger partial charge in [-0.1, -0.05) is 6.92 Å². The second kappa shape index (κ2) is 4.70. The SMILES string of the molecule is CCC(OC)C1COCCN1. The van der Waals surface area contributed by atoms with Crippen molar-refractivity contribution in [3.05, 3.63) is 0 Å². The first-order valence-corrected chi connectivity index (χ1v) is 4.22. The average molecular weight is 159 g/mol. The summed E-state index contributed by atoms with van der Waals surface area (Å²) < 4.78 is 10.6. The van der Waals surface area contributed by atoms with Gasteiger partial charge in [0.1, 0.15) is 0 Å². The van der Waals surface area contributed by atoms with Gasteiger partial charge in [-0.2, -0.15) is 0 Å². The van der Waals surface area contributed by atoms with Crippen molar-refractivity contribution in [2.75, 3.05) is 26.9 Å². The molecule has 0 aromatic carbocycles. The van der Waals surface area contributed by atoms with Gasteiger partial charge in [0, 0.05) is 13.7 Å². The number of hydrogen-bond acceptors (Lipinski definition) is 3. The second-order valence-corrected chi connectivity index (χ2v) is 2.82. The third kappa shape index (κ3) is 2.43. The summed E-state index contributed by atoms with van der Waals surface area (Å²) in [4.78, 5) is 0. The molecular formula is C8H17NO2. The van der Waals surface area contributed by atoms with Crippen LogP contribution in [0.2, 0.25) is 0 Å². The number of rotatable bonds is 3. The van der Waals surface area contributed by atoms with E-state index in [1.54, 1.807) is 7.11 Å². The molecule has 1 fully saturated rings. The molecule has 2 atom stereocenters. The Hall–Kier alpha value is -0.120. The van der Waals surface area contributed by atoms with Crippen LogP contribution in [-0.4, -0.2) is 39.0 Å². The Morgan fingerprint density at radius 3 is 3.00 bits per heavy atom. The summed E-state index contributed by atoms with van der Waals surface area (Å²) in [6.45, 7) is 4.69. The lowest BCUT2D eigenvalue weighted by molar-refractivity contribution is -0.00394. The number of morpholine rings is 1. The molecule has 0 aliphatic carbocycles. The Kier molecular flexibility index (Phi) is 3.83. The number of nitrogens with one attached hydrogen (secondary N) is 1. The van der Waals surface area contributed by atoms with E-state index in [1.807, 2.05) is 0 Å². The van der Waals surface area contributed by atoms with Crippen molar-refractivity contribution >= 4 is 0 Å². The van der Waals surface area contributed by atoms with E-state index in [4.69, 9.17) is 9.47 Å². The van der Waals surface area contributed by atoms with Crippen molar-refractivity contribution in [1.29, 1.82) is 0 Å². The molecule has 11 heavy (non-hydrogen) atoms. The minimum atomic E-state index is 0.301. The van der Waals surface area contributed by atoms with E-state index in [9.17, 15) is 0 Å². The molecule has 3 nitrogen and oxygen atoms in total. The van der Waals surface area contributed by atoms with Crippen molar-refractivity contribution in [3.63, 3.8) is 0 Å². The molecule has 3 heteroatoms. The van der Waals surface area contributed by atoms with Gasteiger partial charge in [0.2, 0.25) is 0 Å². The number of methoxy groups -OCH3 is 1. The lowest BCUT2D eigenvalue weighted by atomic mass is 10.1. The maximum atomic E-state index is 5.32. The molecule has 1 heterocycles. The maximum Gasteiger partial charge on any atom is 0.0744 e. The fourth-order valence-corrected chi connectivity index (χ4v) is 1.44. The van der Waals surface area contributed by atoms with Gasteiger partial charge in [0.25, 0.3) is 0 Å². The molecule has 66 valence electrons. The predicted octanol–water partition coefficient (Wildman–Crippen LogP) is 0.400. The lowest BCUT2D eigenvalue weighted by Gasteiger charge is -2.29. The number of hydrogen-bond donors (Lipinski definition) is 1. The minimum Gasteiger partial charge on any atom is -0.380 e. The predicted molar refractivity (Wildman–Crippen MR) is 43.7 cm³/mol. The first-order valence-electron chi connectivity index (χ1n) is 4.22. The van der Waals surface area contributed by atoms with Gasteiger partial charge in [0.05, 0.1) is 25.4 Å². The summed E-state index contributed by atoms with van der Waals surface area (Å²) >= 11 is 0. The second-order valence-electron chi connectivity index (χ2n) is 2.82. The van der Waals surface area contributed by atoms with E-state index in [-0.39, 0.29) is 0 Å². The van der Waals surface area contributed by atoms with Crippen LogP contribution >= 0.6 is 0 Å². The normalized spacial score (nSPS) is 28.4. The van der Waals surface area contributed by atoms with Crippen LogP contribution < -0.4 is 5.32 Å². The number of ether oxygens (including phenoxy) is 2. The molecule has 1 rings (SSSR count). The zero-order valence-electron chi connectivity index (χ0n) is 7.30. The van der Waals surface area contributed by atoms with Crippen LogP contribution in [0.15, 0.2) is 0 Å². The molecule has 0 spiro atoms. The van der Waals surface area contributed by atoms with Gasteiger partial charge in [-0.25, -0.2) is 0 Å². The Morgan fingerprint density at radius 1 is 1.73 bits per heavy atom. The van der Waals surface area contributed by atoms with Gasteiger partial charge in [0.15, 0.2) is 0 Å². The third-order valence-electron chi connectivity index (χ3n) is 2.10. The molecule has 1 aliphatic heterocycles. The standard InChI is InChI=1S/C8H17NO2/c1-3-8(10-2)7-6-11-5-4-9-7/h7-9H,3-6H2,1-2H3. The summed E-state index contributed by atoms with van der Waals surface area (Å²) in [6.07, 6.45) is 1.34. The van der Waals surface area contributed by atoms with Crippen LogP contribution in [0.25, 0.3) is 0 Å². The molecular weight excluding hydrogens is 142 g/mol. The van der Waals surface area contributed by atoms with Crippen molar-refractivity contribution in [2.45, 2.75) is 25.5 Å². The molecule has 0 aromatic rings. The van der Waals surface area contributed by atoms with Crippen LogP contribution in [0.5, 0.6) is 0 Å². The van der Waals surface area contributed by atoms with E-state index >= 15 is 0 Å². The molecule has 1 N–H and O–H groups in total. The van der Waals surface area contributed by atoms with Crippen molar-refractivity contribution < 1.29 is 9.47 Å². The highest BCUT2D eigenvalue weighted by atomic mass is 16.5. The molecule has 0 aromatic heterocycles. The molecule has 0 amide bonds. The topological polar surface area (TPSA) is 30.5 Å². The van der Waals surface area contributed by atoms with Gasteiger partial charge in [-0.05, 0) is 6.42 Å². The first kappa shape index (κ1) is 8.97. The lowest BCUT2D eigenvalue weighted by Crippen LogP contribution is -2.49. The Morgan fingerprint density at radius 2 is 2.55 bits per heavy atom. The zero-order chi connectivity index (χ0) is 8.10. The van der Waals surface area contributed by atoms with E-state index in [2.05, 4.69) is 12.2 Å². The van der Waals surface area contributed by atoms with Crippen LogP contribution in [0.4, 0.5) is 0 Å². The van der Waals surface area contributed by atoms with Gasteiger partial charge in [-0.15, -0.1) is 0 Å². The largest absolute Gasteiger partial charge is 0.380 e. The fourth-order valence-electron chi connectivity index (χ4n) is 1.44. The Balaban J connectivity index is 2.30.